The van der Waals surface area contributed by atoms with Crippen LogP contribution in [0.4, 0.5) is 0 Å². The standard InChI is InChI=1S/C21H41NO2/c1-4-5-6-7-9-12-15-19-18-20(19)16-13-10-8-11-14-17-21(23)22(2)24-3/h19-20H,4-18H2,1-3H3/t19-,20-/m1/s1. The van der Waals surface area contributed by atoms with Crippen molar-refractivity contribution in [2.75, 3.05) is 14.2 Å². The summed E-state index contributed by atoms with van der Waals surface area (Å²) in [5, 5.41) is 1.33. The van der Waals surface area contributed by atoms with Gasteiger partial charge < -0.3 is 0 Å². The maximum absolute atomic E-state index is 11.6. The summed E-state index contributed by atoms with van der Waals surface area (Å²) in [7, 11) is 3.22. The van der Waals surface area contributed by atoms with E-state index in [4.69, 9.17) is 4.84 Å². The maximum Gasteiger partial charge on any atom is 0.245 e. The van der Waals surface area contributed by atoms with Gasteiger partial charge in [-0.2, -0.15) is 0 Å². The summed E-state index contributed by atoms with van der Waals surface area (Å²) in [5.41, 5.74) is 0. The van der Waals surface area contributed by atoms with Crippen LogP contribution < -0.4 is 0 Å². The molecule has 0 aromatic carbocycles. The Hall–Kier alpha value is -0.570. The summed E-state index contributed by atoms with van der Waals surface area (Å²) in [6, 6.07) is 0. The molecule has 0 radical (unpaired) electrons. The minimum Gasteiger partial charge on any atom is -0.275 e. The molecule has 0 aliphatic heterocycles. The molecule has 0 bridgehead atoms. The third-order valence-electron chi connectivity index (χ3n) is 5.59. The highest BCUT2D eigenvalue weighted by Gasteiger charge is 2.34. The van der Waals surface area contributed by atoms with Crippen molar-refractivity contribution >= 4 is 5.91 Å². The van der Waals surface area contributed by atoms with Crippen LogP contribution in [0.25, 0.3) is 0 Å². The molecule has 0 heterocycles. The van der Waals surface area contributed by atoms with Gasteiger partial charge in [0.2, 0.25) is 5.91 Å². The molecule has 1 rings (SSSR count). The van der Waals surface area contributed by atoms with Crippen molar-refractivity contribution in [3.8, 4) is 0 Å². The molecule has 0 unspecified atom stereocenters. The van der Waals surface area contributed by atoms with Crippen molar-refractivity contribution in [3.63, 3.8) is 0 Å². The fourth-order valence-corrected chi connectivity index (χ4v) is 3.68. The lowest BCUT2D eigenvalue weighted by Gasteiger charge is -2.12. The monoisotopic (exact) mass is 339 g/mol. The highest BCUT2D eigenvalue weighted by atomic mass is 16.7. The number of hydroxylamine groups is 2. The normalized spacial score (nSPS) is 19.5. The van der Waals surface area contributed by atoms with Crippen molar-refractivity contribution in [2.45, 2.75) is 103 Å². The molecular formula is C21H41NO2. The van der Waals surface area contributed by atoms with E-state index in [9.17, 15) is 4.79 Å². The molecule has 1 fully saturated rings. The van der Waals surface area contributed by atoms with Crippen LogP contribution in [0, 0.1) is 11.8 Å². The molecule has 24 heavy (non-hydrogen) atoms. The molecule has 2 atom stereocenters. The molecule has 142 valence electrons. The first-order valence-electron chi connectivity index (χ1n) is 10.5. The van der Waals surface area contributed by atoms with Crippen LogP contribution in [0.2, 0.25) is 0 Å². The lowest BCUT2D eigenvalue weighted by atomic mass is 10.0. The second-order valence-electron chi connectivity index (χ2n) is 7.69. The zero-order valence-corrected chi connectivity index (χ0v) is 16.5. The van der Waals surface area contributed by atoms with Gasteiger partial charge in [0, 0.05) is 13.5 Å². The Bertz CT molecular complexity index is 319. The Kier molecular flexibility index (Phi) is 12.2. The molecule has 1 aliphatic rings. The number of carbonyl (C=O) groups is 1. The van der Waals surface area contributed by atoms with Gasteiger partial charge in [-0.1, -0.05) is 84.0 Å². The van der Waals surface area contributed by atoms with E-state index in [0.29, 0.717) is 6.42 Å². The van der Waals surface area contributed by atoms with Crippen LogP contribution in [-0.4, -0.2) is 25.1 Å². The number of amides is 1. The molecule has 0 spiro atoms. The predicted octanol–water partition coefficient (Wildman–Crippen LogP) is 6.12. The molecule has 3 heteroatoms. The number of hydrogen-bond donors (Lipinski definition) is 0. The Labute approximate surface area is 150 Å². The van der Waals surface area contributed by atoms with Crippen molar-refractivity contribution in [2.24, 2.45) is 11.8 Å². The summed E-state index contributed by atoms with van der Waals surface area (Å²) in [4.78, 5) is 16.4. The summed E-state index contributed by atoms with van der Waals surface area (Å²) in [6.45, 7) is 2.29. The lowest BCUT2D eigenvalue weighted by molar-refractivity contribution is -0.168. The minimum atomic E-state index is 0.0908. The number of hydrogen-bond acceptors (Lipinski definition) is 2. The highest BCUT2D eigenvalue weighted by molar-refractivity contribution is 5.74. The minimum absolute atomic E-state index is 0.0908. The number of unbranched alkanes of at least 4 members (excludes halogenated alkanes) is 9. The average Bonchev–Trinajstić information content (AvgIpc) is 3.34. The summed E-state index contributed by atoms with van der Waals surface area (Å²) >= 11 is 0. The lowest BCUT2D eigenvalue weighted by Crippen LogP contribution is -2.24. The molecule has 0 aromatic rings. The second kappa shape index (κ2) is 13.7. The smallest absolute Gasteiger partial charge is 0.245 e. The van der Waals surface area contributed by atoms with E-state index in [-0.39, 0.29) is 5.91 Å². The van der Waals surface area contributed by atoms with Gasteiger partial charge in [-0.15, -0.1) is 0 Å². The first kappa shape index (κ1) is 21.5. The van der Waals surface area contributed by atoms with E-state index in [0.717, 1.165) is 18.3 Å². The Morgan fingerprint density at radius 1 is 0.875 bits per heavy atom. The summed E-state index contributed by atoms with van der Waals surface area (Å²) in [5.74, 6) is 2.21. The first-order chi connectivity index (χ1) is 11.7. The van der Waals surface area contributed by atoms with Crippen molar-refractivity contribution in [1.29, 1.82) is 0 Å². The van der Waals surface area contributed by atoms with Crippen molar-refractivity contribution in [3.05, 3.63) is 0 Å². The zero-order valence-electron chi connectivity index (χ0n) is 16.5. The average molecular weight is 340 g/mol. The SMILES string of the molecule is CCCCCCCC[C@@H]1C[C@H]1CCCCCCCC(=O)N(C)OC. The van der Waals surface area contributed by atoms with Crippen molar-refractivity contribution in [1.82, 2.24) is 5.06 Å². The van der Waals surface area contributed by atoms with Gasteiger partial charge in [-0.25, -0.2) is 5.06 Å². The van der Waals surface area contributed by atoms with Crippen LogP contribution in [0.15, 0.2) is 0 Å². The first-order valence-corrected chi connectivity index (χ1v) is 10.5. The number of rotatable bonds is 16. The topological polar surface area (TPSA) is 29.5 Å². The van der Waals surface area contributed by atoms with E-state index < -0.39 is 0 Å². The number of nitrogens with zero attached hydrogens (tertiary/aromatic N) is 1. The van der Waals surface area contributed by atoms with Gasteiger partial charge in [-0.3, -0.25) is 9.63 Å². The van der Waals surface area contributed by atoms with Gasteiger partial charge in [0.15, 0.2) is 0 Å². The van der Waals surface area contributed by atoms with Crippen LogP contribution in [-0.2, 0) is 9.63 Å². The Morgan fingerprint density at radius 2 is 1.38 bits per heavy atom. The molecule has 0 saturated heterocycles. The highest BCUT2D eigenvalue weighted by Crippen LogP contribution is 2.45. The molecule has 1 aliphatic carbocycles. The third kappa shape index (κ3) is 10.3. The molecular weight excluding hydrogens is 298 g/mol. The van der Waals surface area contributed by atoms with E-state index in [1.54, 1.807) is 7.05 Å². The fourth-order valence-electron chi connectivity index (χ4n) is 3.68. The van der Waals surface area contributed by atoms with Gasteiger partial charge in [-0.05, 0) is 24.7 Å². The van der Waals surface area contributed by atoms with Crippen LogP contribution in [0.3, 0.4) is 0 Å². The second-order valence-corrected chi connectivity index (χ2v) is 7.69. The van der Waals surface area contributed by atoms with Gasteiger partial charge in [0.1, 0.15) is 0 Å². The van der Waals surface area contributed by atoms with E-state index in [1.807, 2.05) is 0 Å². The zero-order chi connectivity index (χ0) is 17.6. The van der Waals surface area contributed by atoms with Crippen molar-refractivity contribution < 1.29 is 9.63 Å². The third-order valence-corrected chi connectivity index (χ3v) is 5.59. The summed E-state index contributed by atoms with van der Waals surface area (Å²) in [6.07, 6.45) is 19.8. The van der Waals surface area contributed by atoms with Crippen LogP contribution in [0.5, 0.6) is 0 Å². The molecule has 3 nitrogen and oxygen atoms in total. The largest absolute Gasteiger partial charge is 0.275 e. The van der Waals surface area contributed by atoms with Gasteiger partial charge in [0.05, 0.1) is 7.11 Å². The Balaban J connectivity index is 1.81. The Morgan fingerprint density at radius 3 is 1.92 bits per heavy atom. The molecule has 0 aromatic heterocycles. The van der Waals surface area contributed by atoms with E-state index >= 15 is 0 Å². The molecule has 1 saturated carbocycles. The van der Waals surface area contributed by atoms with Gasteiger partial charge >= 0.3 is 0 Å². The van der Waals surface area contributed by atoms with E-state index in [1.165, 1.54) is 95.6 Å². The van der Waals surface area contributed by atoms with E-state index in [2.05, 4.69) is 6.92 Å². The fraction of sp³-hybridized carbons (Fsp3) is 0.952. The predicted molar refractivity (Wildman–Crippen MR) is 102 cm³/mol. The maximum atomic E-state index is 11.6. The molecule has 1 amide bonds. The van der Waals surface area contributed by atoms with Crippen LogP contribution in [0.1, 0.15) is 103 Å². The summed E-state index contributed by atoms with van der Waals surface area (Å²) < 4.78 is 0. The van der Waals surface area contributed by atoms with Gasteiger partial charge in [0.25, 0.3) is 0 Å². The molecule has 0 N–H and O–H groups in total. The quantitative estimate of drug-likeness (QED) is 0.250. The number of carbonyl (C=O) groups excluding carboxylic acids is 1. The van der Waals surface area contributed by atoms with Crippen LogP contribution >= 0.6 is 0 Å².